The van der Waals surface area contributed by atoms with Gasteiger partial charge in [0.15, 0.2) is 5.78 Å². The van der Waals surface area contributed by atoms with Crippen LogP contribution in [0.4, 0.5) is 5.69 Å². The van der Waals surface area contributed by atoms with Gasteiger partial charge in [-0.05, 0) is 11.8 Å². The number of carbonyl (C=O) groups excluding carboxylic acids is 1. The third-order valence-corrected chi connectivity index (χ3v) is 5.08. The highest BCUT2D eigenvalue weighted by Gasteiger charge is 2.46. The molecular formula is C18H17N3O3S. The summed E-state index contributed by atoms with van der Waals surface area (Å²) in [4.78, 5) is 24.2. The standard InChI is InChI=1S/C18H17N3O3S/c1-18(2)7-12-16(14(22)8-18)15(11(9-19)17(25)20-12)10-5-3-4-6-13(10)21(23)24/h3-6,11,15H,7-8H2,1-2H3,(H,20,25)/t11-,15+/m0/s1. The summed E-state index contributed by atoms with van der Waals surface area (Å²) in [6.45, 7) is 3.99. The molecule has 0 aromatic heterocycles. The molecule has 0 saturated heterocycles. The van der Waals surface area contributed by atoms with Crippen LogP contribution in [0.25, 0.3) is 0 Å². The maximum Gasteiger partial charge on any atom is 0.273 e. The van der Waals surface area contributed by atoms with Crippen LogP contribution in [0, 0.1) is 32.8 Å². The van der Waals surface area contributed by atoms with Crippen LogP contribution >= 0.6 is 12.2 Å². The van der Waals surface area contributed by atoms with Gasteiger partial charge in [0.1, 0.15) is 5.92 Å². The van der Waals surface area contributed by atoms with Gasteiger partial charge in [-0.1, -0.05) is 44.3 Å². The second kappa shape index (κ2) is 6.05. The summed E-state index contributed by atoms with van der Waals surface area (Å²) in [6.07, 6.45) is 0.957. The van der Waals surface area contributed by atoms with Crippen molar-refractivity contribution in [2.45, 2.75) is 32.6 Å². The summed E-state index contributed by atoms with van der Waals surface area (Å²) in [5.41, 5.74) is 1.21. The Labute approximate surface area is 150 Å². The average Bonchev–Trinajstić information content (AvgIpc) is 2.52. The second-order valence-electron chi connectivity index (χ2n) is 7.22. The summed E-state index contributed by atoms with van der Waals surface area (Å²) in [5, 5.41) is 24.1. The lowest BCUT2D eigenvalue weighted by Crippen LogP contribution is -2.44. The number of hydrogen-bond donors (Lipinski definition) is 1. The van der Waals surface area contributed by atoms with E-state index < -0.39 is 16.8 Å². The molecule has 0 saturated carbocycles. The number of benzene rings is 1. The van der Waals surface area contributed by atoms with Crippen molar-refractivity contribution >= 4 is 28.7 Å². The number of nitro benzene ring substituents is 1. The molecule has 1 N–H and O–H groups in total. The van der Waals surface area contributed by atoms with Gasteiger partial charge in [0, 0.05) is 35.2 Å². The topological polar surface area (TPSA) is 96.0 Å². The van der Waals surface area contributed by atoms with Crippen LogP contribution in [-0.4, -0.2) is 15.7 Å². The molecule has 0 spiro atoms. The molecule has 0 bridgehead atoms. The lowest BCUT2D eigenvalue weighted by Gasteiger charge is -2.40. The maximum absolute atomic E-state index is 12.9. The van der Waals surface area contributed by atoms with E-state index in [9.17, 15) is 20.2 Å². The molecule has 1 aromatic rings. The van der Waals surface area contributed by atoms with Crippen LogP contribution in [0.2, 0.25) is 0 Å². The molecule has 6 nitrogen and oxygen atoms in total. The molecule has 1 aromatic carbocycles. The number of hydrogen-bond acceptors (Lipinski definition) is 5. The van der Waals surface area contributed by atoms with Gasteiger partial charge >= 0.3 is 0 Å². The zero-order chi connectivity index (χ0) is 18.4. The van der Waals surface area contributed by atoms with Crippen LogP contribution in [0.3, 0.4) is 0 Å². The quantitative estimate of drug-likeness (QED) is 0.496. The first-order valence-electron chi connectivity index (χ1n) is 7.95. The minimum atomic E-state index is -0.806. The van der Waals surface area contributed by atoms with Gasteiger partial charge in [-0.3, -0.25) is 14.9 Å². The van der Waals surface area contributed by atoms with E-state index >= 15 is 0 Å². The number of para-hydroxylation sites is 1. The Morgan fingerprint density at radius 3 is 2.68 bits per heavy atom. The van der Waals surface area contributed by atoms with Crippen molar-refractivity contribution in [2.75, 3.05) is 0 Å². The number of nitrogens with zero attached hydrogens (tertiary/aromatic N) is 2. The van der Waals surface area contributed by atoms with E-state index in [1.165, 1.54) is 6.07 Å². The summed E-state index contributed by atoms with van der Waals surface area (Å²) >= 11 is 5.35. The number of Topliss-reactive ketones (excluding diaryl/α,β-unsaturated/α-hetero) is 1. The van der Waals surface area contributed by atoms with Crippen molar-refractivity contribution in [2.24, 2.45) is 11.3 Å². The fraction of sp³-hybridized carbons (Fsp3) is 0.389. The third-order valence-electron chi connectivity index (χ3n) is 4.73. The molecule has 0 unspecified atom stereocenters. The summed E-state index contributed by atoms with van der Waals surface area (Å²) in [6, 6.07) is 8.39. The lowest BCUT2D eigenvalue weighted by molar-refractivity contribution is -0.385. The van der Waals surface area contributed by atoms with Crippen LogP contribution < -0.4 is 5.32 Å². The average molecular weight is 355 g/mol. The highest BCUT2D eigenvalue weighted by molar-refractivity contribution is 7.80. The van der Waals surface area contributed by atoms with Gasteiger partial charge in [0.2, 0.25) is 0 Å². The predicted octanol–water partition coefficient (Wildman–Crippen LogP) is 3.39. The van der Waals surface area contributed by atoms with Gasteiger partial charge < -0.3 is 5.32 Å². The van der Waals surface area contributed by atoms with Crippen molar-refractivity contribution in [3.05, 3.63) is 51.2 Å². The number of ketones is 1. The second-order valence-corrected chi connectivity index (χ2v) is 7.66. The number of nitrogens with one attached hydrogen (secondary N) is 1. The Bertz CT molecular complexity index is 867. The predicted molar refractivity (Wildman–Crippen MR) is 95.7 cm³/mol. The third kappa shape index (κ3) is 2.94. The number of rotatable bonds is 2. The number of allylic oxidation sites excluding steroid dienone is 2. The molecule has 2 aliphatic rings. The Morgan fingerprint density at radius 1 is 1.36 bits per heavy atom. The molecule has 128 valence electrons. The first kappa shape index (κ1) is 17.2. The minimum absolute atomic E-state index is 0.0790. The normalized spacial score (nSPS) is 25.0. The molecule has 1 aliphatic heterocycles. The maximum atomic E-state index is 12.9. The molecule has 1 heterocycles. The number of nitro groups is 1. The molecule has 3 rings (SSSR count). The van der Waals surface area contributed by atoms with Gasteiger partial charge in [-0.25, -0.2) is 0 Å². The van der Waals surface area contributed by atoms with Crippen molar-refractivity contribution in [3.8, 4) is 6.07 Å². The SMILES string of the molecule is CC1(C)CC(=O)C2=C(C1)NC(=S)[C@@H](C#N)[C@H]2c1ccccc1[N+](=O)[O-]. The van der Waals surface area contributed by atoms with E-state index in [4.69, 9.17) is 12.2 Å². The fourth-order valence-electron chi connectivity index (χ4n) is 3.74. The van der Waals surface area contributed by atoms with Gasteiger partial charge in [0.05, 0.1) is 16.0 Å². The van der Waals surface area contributed by atoms with E-state index in [0.29, 0.717) is 34.7 Å². The van der Waals surface area contributed by atoms with E-state index in [1.54, 1.807) is 18.2 Å². The molecule has 0 radical (unpaired) electrons. The van der Waals surface area contributed by atoms with Crippen LogP contribution in [0.15, 0.2) is 35.5 Å². The molecule has 7 heteroatoms. The van der Waals surface area contributed by atoms with Crippen LogP contribution in [-0.2, 0) is 4.79 Å². The van der Waals surface area contributed by atoms with Gasteiger partial charge in [0.25, 0.3) is 5.69 Å². The molecule has 2 atom stereocenters. The molecule has 1 aliphatic carbocycles. The Morgan fingerprint density at radius 2 is 2.04 bits per heavy atom. The molecular weight excluding hydrogens is 338 g/mol. The zero-order valence-electron chi connectivity index (χ0n) is 13.9. The zero-order valence-corrected chi connectivity index (χ0v) is 14.7. The Kier molecular flexibility index (Phi) is 4.17. The highest BCUT2D eigenvalue weighted by atomic mass is 32.1. The molecule has 25 heavy (non-hydrogen) atoms. The largest absolute Gasteiger partial charge is 0.352 e. The number of nitriles is 1. The number of carbonyl (C=O) groups is 1. The summed E-state index contributed by atoms with van der Waals surface area (Å²) < 4.78 is 0. The highest BCUT2D eigenvalue weighted by Crippen LogP contribution is 2.47. The van der Waals surface area contributed by atoms with E-state index in [-0.39, 0.29) is 16.9 Å². The summed E-state index contributed by atoms with van der Waals surface area (Å²) in [5.74, 6) is -1.59. The van der Waals surface area contributed by atoms with E-state index in [0.717, 1.165) is 0 Å². The smallest absolute Gasteiger partial charge is 0.273 e. The lowest BCUT2D eigenvalue weighted by atomic mass is 9.67. The summed E-state index contributed by atoms with van der Waals surface area (Å²) in [7, 11) is 0. The fourth-order valence-corrected chi connectivity index (χ4v) is 4.05. The van der Waals surface area contributed by atoms with Crippen LogP contribution in [0.5, 0.6) is 0 Å². The van der Waals surface area contributed by atoms with Crippen molar-refractivity contribution in [1.82, 2.24) is 5.32 Å². The molecule has 0 amide bonds. The Hall–Kier alpha value is -2.59. The van der Waals surface area contributed by atoms with Crippen molar-refractivity contribution in [1.29, 1.82) is 5.26 Å². The van der Waals surface area contributed by atoms with E-state index in [2.05, 4.69) is 11.4 Å². The minimum Gasteiger partial charge on any atom is -0.352 e. The Balaban J connectivity index is 2.25. The monoisotopic (exact) mass is 355 g/mol. The van der Waals surface area contributed by atoms with Crippen LogP contribution in [0.1, 0.15) is 38.2 Å². The van der Waals surface area contributed by atoms with Gasteiger partial charge in [-0.15, -0.1) is 0 Å². The van der Waals surface area contributed by atoms with E-state index in [1.807, 2.05) is 13.8 Å². The van der Waals surface area contributed by atoms with Crippen molar-refractivity contribution in [3.63, 3.8) is 0 Å². The van der Waals surface area contributed by atoms with Gasteiger partial charge in [-0.2, -0.15) is 5.26 Å². The first-order valence-corrected chi connectivity index (χ1v) is 8.36. The number of thiocarbonyl (C=S) groups is 1. The van der Waals surface area contributed by atoms with Crippen molar-refractivity contribution < 1.29 is 9.72 Å². The first-order chi connectivity index (χ1) is 11.7. The molecule has 0 fully saturated rings.